The zero-order valence-corrected chi connectivity index (χ0v) is 12.6. The minimum absolute atomic E-state index is 0.250. The molecule has 0 aliphatic rings. The number of rotatable bonds is 4. The minimum atomic E-state index is -0.385. The number of benzene rings is 2. The topological polar surface area (TPSA) is 38.0 Å². The van der Waals surface area contributed by atoms with E-state index >= 15 is 0 Å². The van der Waals surface area contributed by atoms with Gasteiger partial charge in [-0.25, -0.2) is 4.39 Å². The first-order chi connectivity index (χ1) is 9.51. The maximum atomic E-state index is 13.1. The Bertz CT molecular complexity index is 619. The highest BCUT2D eigenvalue weighted by Crippen LogP contribution is 2.28. The molecular weight excluding hydrogens is 322 g/mol. The first kappa shape index (κ1) is 15.5. The Morgan fingerprint density at radius 1 is 1.00 bits per heavy atom. The maximum Gasteiger partial charge on any atom is 0.124 e. The van der Waals surface area contributed by atoms with E-state index in [-0.39, 0.29) is 11.9 Å². The number of nitrogens with one attached hydrogen (secondary N) is 1. The molecule has 0 radical (unpaired) electrons. The molecule has 0 aliphatic carbocycles. The van der Waals surface area contributed by atoms with E-state index in [0.29, 0.717) is 21.5 Å². The van der Waals surface area contributed by atoms with Gasteiger partial charge < -0.3 is 0 Å². The smallest absolute Gasteiger partial charge is 0.124 e. The molecular formula is C14H12Cl3FN2. The summed E-state index contributed by atoms with van der Waals surface area (Å²) >= 11 is 17.9. The lowest BCUT2D eigenvalue weighted by molar-refractivity contribution is 0.549. The van der Waals surface area contributed by atoms with E-state index in [2.05, 4.69) is 5.43 Å². The van der Waals surface area contributed by atoms with Crippen LogP contribution < -0.4 is 11.3 Å². The molecule has 0 heterocycles. The molecule has 3 N–H and O–H groups in total. The molecule has 0 amide bonds. The molecule has 0 fully saturated rings. The van der Waals surface area contributed by atoms with Crippen LogP contribution in [0.5, 0.6) is 0 Å². The second-order valence-corrected chi connectivity index (χ2v) is 5.56. The summed E-state index contributed by atoms with van der Waals surface area (Å²) in [6, 6.07) is 9.32. The molecule has 2 aromatic carbocycles. The molecule has 2 rings (SSSR count). The third kappa shape index (κ3) is 3.62. The highest BCUT2D eigenvalue weighted by Gasteiger charge is 2.15. The van der Waals surface area contributed by atoms with Gasteiger partial charge in [-0.1, -0.05) is 46.9 Å². The van der Waals surface area contributed by atoms with Crippen molar-refractivity contribution in [3.05, 3.63) is 68.4 Å². The lowest BCUT2D eigenvalue weighted by atomic mass is 9.99. The van der Waals surface area contributed by atoms with Crippen LogP contribution in [-0.2, 0) is 6.42 Å². The quantitative estimate of drug-likeness (QED) is 0.637. The minimum Gasteiger partial charge on any atom is -0.271 e. The van der Waals surface area contributed by atoms with Crippen molar-refractivity contribution >= 4 is 34.8 Å². The molecule has 2 nitrogen and oxygen atoms in total. The zero-order chi connectivity index (χ0) is 14.7. The van der Waals surface area contributed by atoms with E-state index in [1.807, 2.05) is 6.07 Å². The Morgan fingerprint density at radius 2 is 1.75 bits per heavy atom. The molecule has 1 atom stereocenters. The van der Waals surface area contributed by atoms with Gasteiger partial charge in [0.05, 0.1) is 16.1 Å². The first-order valence-electron chi connectivity index (χ1n) is 5.86. The average Bonchev–Trinajstić information content (AvgIpc) is 2.41. The lowest BCUT2D eigenvalue weighted by Crippen LogP contribution is -2.29. The highest BCUT2D eigenvalue weighted by molar-refractivity contribution is 6.42. The van der Waals surface area contributed by atoms with Crippen LogP contribution in [0.4, 0.5) is 4.39 Å². The van der Waals surface area contributed by atoms with Crippen LogP contribution in [0.2, 0.25) is 15.1 Å². The van der Waals surface area contributed by atoms with Crippen molar-refractivity contribution < 1.29 is 4.39 Å². The fourth-order valence-electron chi connectivity index (χ4n) is 1.95. The highest BCUT2D eigenvalue weighted by atomic mass is 35.5. The van der Waals surface area contributed by atoms with E-state index in [0.717, 1.165) is 11.1 Å². The van der Waals surface area contributed by atoms with Crippen LogP contribution in [0, 0.1) is 5.82 Å². The van der Waals surface area contributed by atoms with Gasteiger partial charge in [-0.15, -0.1) is 0 Å². The van der Waals surface area contributed by atoms with Crippen LogP contribution >= 0.6 is 34.8 Å². The Kier molecular flexibility index (Phi) is 5.24. The van der Waals surface area contributed by atoms with Crippen molar-refractivity contribution in [2.45, 2.75) is 12.5 Å². The zero-order valence-electron chi connectivity index (χ0n) is 10.3. The van der Waals surface area contributed by atoms with Gasteiger partial charge >= 0.3 is 0 Å². The molecule has 0 aliphatic heterocycles. The Morgan fingerprint density at radius 3 is 2.35 bits per heavy atom. The fraction of sp³-hybridized carbons (Fsp3) is 0.143. The van der Waals surface area contributed by atoms with Gasteiger partial charge in [-0.2, -0.15) is 0 Å². The van der Waals surface area contributed by atoms with Crippen molar-refractivity contribution in [1.29, 1.82) is 0 Å². The summed E-state index contributed by atoms with van der Waals surface area (Å²) in [6.45, 7) is 0. The second-order valence-electron chi connectivity index (χ2n) is 4.34. The van der Waals surface area contributed by atoms with Gasteiger partial charge in [0.1, 0.15) is 5.82 Å². The Hall–Kier alpha value is -0.840. The predicted octanol–water partition coefficient (Wildman–Crippen LogP) is 4.53. The van der Waals surface area contributed by atoms with Gasteiger partial charge in [-0.3, -0.25) is 11.3 Å². The van der Waals surface area contributed by atoms with Crippen molar-refractivity contribution in [3.8, 4) is 0 Å². The predicted molar refractivity (Wildman–Crippen MR) is 81.6 cm³/mol. The van der Waals surface area contributed by atoms with E-state index < -0.39 is 0 Å². The lowest BCUT2D eigenvalue weighted by Gasteiger charge is -2.18. The monoisotopic (exact) mass is 332 g/mol. The summed E-state index contributed by atoms with van der Waals surface area (Å²) < 4.78 is 13.1. The molecule has 6 heteroatoms. The van der Waals surface area contributed by atoms with Gasteiger partial charge in [0.25, 0.3) is 0 Å². The molecule has 0 aromatic heterocycles. The molecule has 106 valence electrons. The summed E-state index contributed by atoms with van der Waals surface area (Å²) in [7, 11) is 0. The molecule has 1 unspecified atom stereocenters. The third-order valence-electron chi connectivity index (χ3n) is 2.96. The van der Waals surface area contributed by atoms with E-state index in [9.17, 15) is 4.39 Å². The van der Waals surface area contributed by atoms with Crippen molar-refractivity contribution in [1.82, 2.24) is 5.43 Å². The fourth-order valence-corrected chi connectivity index (χ4v) is 2.56. The standard InChI is InChI=1S/C14H12Cl3FN2/c15-11-4-1-8(5-13(11)17)6-14(20-19)10-3-2-9(18)7-12(10)16/h1-5,7,14,20H,6,19H2. The van der Waals surface area contributed by atoms with Crippen LogP contribution in [0.15, 0.2) is 36.4 Å². The summed E-state index contributed by atoms with van der Waals surface area (Å²) in [4.78, 5) is 0. The Balaban J connectivity index is 2.26. The van der Waals surface area contributed by atoms with Gasteiger partial charge in [0, 0.05) is 5.02 Å². The average molecular weight is 334 g/mol. The number of hydrazine groups is 1. The normalized spacial score (nSPS) is 12.4. The summed E-state index contributed by atoms with van der Waals surface area (Å²) in [5.41, 5.74) is 4.35. The molecule has 2 aromatic rings. The Labute approximate surface area is 131 Å². The largest absolute Gasteiger partial charge is 0.271 e. The van der Waals surface area contributed by atoms with Crippen molar-refractivity contribution in [2.75, 3.05) is 0 Å². The van der Waals surface area contributed by atoms with Gasteiger partial charge in [0.2, 0.25) is 0 Å². The summed E-state index contributed by atoms with van der Waals surface area (Å²) in [5.74, 6) is 5.18. The first-order valence-corrected chi connectivity index (χ1v) is 6.99. The molecule has 0 saturated heterocycles. The van der Waals surface area contributed by atoms with Crippen LogP contribution in [-0.4, -0.2) is 0 Å². The molecule has 20 heavy (non-hydrogen) atoms. The number of nitrogens with two attached hydrogens (primary N) is 1. The maximum absolute atomic E-state index is 13.1. The van der Waals surface area contributed by atoms with Crippen LogP contribution in [0.3, 0.4) is 0 Å². The van der Waals surface area contributed by atoms with Gasteiger partial charge in [-0.05, 0) is 41.8 Å². The number of halogens is 4. The summed E-state index contributed by atoms with van der Waals surface area (Å²) in [6.07, 6.45) is 0.554. The van der Waals surface area contributed by atoms with Crippen molar-refractivity contribution in [2.24, 2.45) is 5.84 Å². The molecule has 0 saturated carbocycles. The molecule has 0 bridgehead atoms. The number of hydrogen-bond donors (Lipinski definition) is 2. The third-order valence-corrected chi connectivity index (χ3v) is 4.03. The van der Waals surface area contributed by atoms with E-state index in [4.69, 9.17) is 40.6 Å². The van der Waals surface area contributed by atoms with E-state index in [1.54, 1.807) is 18.2 Å². The van der Waals surface area contributed by atoms with Crippen LogP contribution in [0.25, 0.3) is 0 Å². The van der Waals surface area contributed by atoms with Crippen LogP contribution in [0.1, 0.15) is 17.2 Å². The van der Waals surface area contributed by atoms with Crippen molar-refractivity contribution in [3.63, 3.8) is 0 Å². The summed E-state index contributed by atoms with van der Waals surface area (Å²) in [5, 5.41) is 1.30. The number of hydrogen-bond acceptors (Lipinski definition) is 2. The van der Waals surface area contributed by atoms with Gasteiger partial charge in [0.15, 0.2) is 0 Å². The van der Waals surface area contributed by atoms with E-state index in [1.165, 1.54) is 12.1 Å². The SMILES string of the molecule is NNC(Cc1ccc(Cl)c(Cl)c1)c1ccc(F)cc1Cl. The second kappa shape index (κ2) is 6.74. The molecule has 0 spiro atoms.